The number of benzene rings is 2. The van der Waals surface area contributed by atoms with Gasteiger partial charge in [0, 0.05) is 18.8 Å². The number of allylic oxidation sites excluding steroid dienone is 1. The molecule has 0 saturated carbocycles. The van der Waals surface area contributed by atoms with Crippen LogP contribution in [-0.2, 0) is 14.3 Å². The van der Waals surface area contributed by atoms with Crippen LogP contribution in [-0.4, -0.2) is 46.5 Å². The van der Waals surface area contributed by atoms with Gasteiger partial charge in [0.25, 0.3) is 0 Å². The molecule has 3 aliphatic heterocycles. The van der Waals surface area contributed by atoms with E-state index >= 15 is 0 Å². The number of esters is 1. The lowest BCUT2D eigenvalue weighted by Gasteiger charge is -2.36. The van der Waals surface area contributed by atoms with Gasteiger partial charge in [0.05, 0.1) is 30.3 Å². The number of nitrogens with zero attached hydrogens (tertiary/aromatic N) is 3. The molecule has 0 unspecified atom stereocenters. The van der Waals surface area contributed by atoms with E-state index in [0.29, 0.717) is 17.0 Å². The summed E-state index contributed by atoms with van der Waals surface area (Å²) < 4.78 is 11.5. The van der Waals surface area contributed by atoms with Crippen molar-refractivity contribution < 1.29 is 19.1 Å². The van der Waals surface area contributed by atoms with Crippen molar-refractivity contribution in [1.29, 1.82) is 0 Å². The van der Waals surface area contributed by atoms with Gasteiger partial charge in [-0.1, -0.05) is 42.1 Å². The summed E-state index contributed by atoms with van der Waals surface area (Å²) in [5.41, 5.74) is 2.79. The first-order valence-corrected chi connectivity index (χ1v) is 13.1. The third kappa shape index (κ3) is 4.91. The molecule has 0 aromatic heterocycles. The van der Waals surface area contributed by atoms with Gasteiger partial charge in [0.2, 0.25) is 5.91 Å². The molecule has 1 saturated heterocycles. The van der Waals surface area contributed by atoms with E-state index in [9.17, 15) is 9.59 Å². The molecule has 2 aromatic rings. The number of fused-ring (bicyclic) bond motifs is 1. The highest BCUT2D eigenvalue weighted by Crippen LogP contribution is 2.45. The number of hydrogen-bond acceptors (Lipinski definition) is 7. The standard InChI is InChI=1S/C28H29N3O4S/c1-3-34-27(33)25-19(2)29-28-31(21(18-36-28)17-24(32)30-14-7-8-15-30)26(25)20-10-9-13-23(16-20)35-22-11-5-4-6-12-22/h4-6,9-13,16,18,26H,3,7-8,14-15,17H2,1-2H3/t26-/m0/s1. The number of hydrogen-bond donors (Lipinski definition) is 0. The summed E-state index contributed by atoms with van der Waals surface area (Å²) in [5.74, 6) is 1.09. The fraction of sp³-hybridized carbons (Fsp3) is 0.321. The number of amides is 1. The molecule has 1 fully saturated rings. The number of para-hydroxylation sites is 1. The molecule has 0 spiro atoms. The number of thioether (sulfide) groups is 1. The summed E-state index contributed by atoms with van der Waals surface area (Å²) >= 11 is 1.48. The van der Waals surface area contributed by atoms with Crippen LogP contribution >= 0.6 is 11.8 Å². The topological polar surface area (TPSA) is 71.4 Å². The zero-order valence-electron chi connectivity index (χ0n) is 20.5. The quantitative estimate of drug-likeness (QED) is 0.456. The van der Waals surface area contributed by atoms with E-state index in [4.69, 9.17) is 14.5 Å². The molecular formula is C28H29N3O4S. The Balaban J connectivity index is 1.51. The summed E-state index contributed by atoms with van der Waals surface area (Å²) in [4.78, 5) is 34.9. The van der Waals surface area contributed by atoms with Crippen molar-refractivity contribution in [3.8, 4) is 11.5 Å². The lowest BCUT2D eigenvalue weighted by Crippen LogP contribution is -2.38. The molecular weight excluding hydrogens is 474 g/mol. The van der Waals surface area contributed by atoms with Crippen molar-refractivity contribution in [3.63, 3.8) is 0 Å². The summed E-state index contributed by atoms with van der Waals surface area (Å²) in [6, 6.07) is 16.8. The maximum absolute atomic E-state index is 13.2. The van der Waals surface area contributed by atoms with E-state index < -0.39 is 12.0 Å². The summed E-state index contributed by atoms with van der Waals surface area (Å²) in [7, 11) is 0. The molecule has 5 rings (SSSR count). The van der Waals surface area contributed by atoms with Gasteiger partial charge in [-0.3, -0.25) is 4.79 Å². The molecule has 0 bridgehead atoms. The monoisotopic (exact) mass is 503 g/mol. The molecule has 186 valence electrons. The van der Waals surface area contributed by atoms with Crippen molar-refractivity contribution in [2.45, 2.75) is 39.2 Å². The number of carbonyl (C=O) groups excluding carboxylic acids is 2. The maximum Gasteiger partial charge on any atom is 0.338 e. The average Bonchev–Trinajstić information content (AvgIpc) is 3.55. The summed E-state index contributed by atoms with van der Waals surface area (Å²) in [6.07, 6.45) is 2.35. The van der Waals surface area contributed by atoms with E-state index in [1.807, 2.05) is 76.7 Å². The van der Waals surface area contributed by atoms with Crippen LogP contribution in [0.5, 0.6) is 11.5 Å². The van der Waals surface area contributed by atoms with Crippen LogP contribution in [0.4, 0.5) is 0 Å². The second kappa shape index (κ2) is 10.6. The fourth-order valence-electron chi connectivity index (χ4n) is 4.76. The van der Waals surface area contributed by atoms with E-state index in [1.54, 1.807) is 6.92 Å². The van der Waals surface area contributed by atoms with Gasteiger partial charge >= 0.3 is 5.97 Å². The average molecular weight is 504 g/mol. The lowest BCUT2D eigenvalue weighted by molar-refractivity contribution is -0.139. The Labute approximate surface area is 215 Å². The molecule has 3 heterocycles. The van der Waals surface area contributed by atoms with Crippen LogP contribution in [0.25, 0.3) is 0 Å². The molecule has 1 atom stereocenters. The van der Waals surface area contributed by atoms with E-state index in [1.165, 1.54) is 11.8 Å². The Bertz CT molecular complexity index is 1250. The number of likely N-dealkylation sites (tertiary alicyclic amines) is 1. The fourth-order valence-corrected chi connectivity index (χ4v) is 5.73. The Hall–Kier alpha value is -3.52. The van der Waals surface area contributed by atoms with Gasteiger partial charge in [-0.15, -0.1) is 0 Å². The third-order valence-electron chi connectivity index (χ3n) is 6.44. The number of aliphatic imine (C=N–C) groups is 1. The zero-order chi connectivity index (χ0) is 25.1. The molecule has 2 aromatic carbocycles. The van der Waals surface area contributed by atoms with Gasteiger partial charge < -0.3 is 19.3 Å². The van der Waals surface area contributed by atoms with Crippen molar-refractivity contribution in [2.75, 3.05) is 19.7 Å². The van der Waals surface area contributed by atoms with Crippen molar-refractivity contribution in [3.05, 3.63) is 82.5 Å². The minimum atomic E-state index is -0.483. The number of ether oxygens (including phenoxy) is 2. The zero-order valence-corrected chi connectivity index (χ0v) is 21.3. The van der Waals surface area contributed by atoms with Crippen LogP contribution in [0.15, 0.2) is 82.0 Å². The predicted octanol–water partition coefficient (Wildman–Crippen LogP) is 5.63. The molecule has 36 heavy (non-hydrogen) atoms. The molecule has 1 amide bonds. The molecule has 8 heteroatoms. The Morgan fingerprint density at radius 2 is 1.81 bits per heavy atom. The van der Waals surface area contributed by atoms with Crippen LogP contribution in [0.2, 0.25) is 0 Å². The van der Waals surface area contributed by atoms with E-state index in [2.05, 4.69) is 0 Å². The van der Waals surface area contributed by atoms with E-state index in [-0.39, 0.29) is 18.9 Å². The third-order valence-corrected chi connectivity index (χ3v) is 7.33. The molecule has 0 N–H and O–H groups in total. The Morgan fingerprint density at radius 3 is 2.56 bits per heavy atom. The number of amidine groups is 1. The van der Waals surface area contributed by atoms with Crippen molar-refractivity contribution in [2.24, 2.45) is 4.99 Å². The van der Waals surface area contributed by atoms with Crippen LogP contribution in [0.3, 0.4) is 0 Å². The van der Waals surface area contributed by atoms with Crippen LogP contribution < -0.4 is 4.74 Å². The minimum Gasteiger partial charge on any atom is -0.463 e. The lowest BCUT2D eigenvalue weighted by atomic mass is 9.93. The molecule has 0 radical (unpaired) electrons. The smallest absolute Gasteiger partial charge is 0.338 e. The molecule has 3 aliphatic rings. The summed E-state index contributed by atoms with van der Waals surface area (Å²) in [6.45, 7) is 5.49. The SMILES string of the molecule is CCOC(=O)C1=C(C)N=C2SC=C(CC(=O)N3CCCC3)N2[C@H]1c1cccc(Oc2ccccc2)c1. The summed E-state index contributed by atoms with van der Waals surface area (Å²) in [5, 5.41) is 2.73. The number of rotatable bonds is 7. The molecule has 0 aliphatic carbocycles. The van der Waals surface area contributed by atoms with Gasteiger partial charge in [0.15, 0.2) is 5.17 Å². The first-order chi connectivity index (χ1) is 17.5. The Morgan fingerprint density at radius 1 is 1.06 bits per heavy atom. The highest BCUT2D eigenvalue weighted by Gasteiger charge is 2.41. The molecule has 7 nitrogen and oxygen atoms in total. The van der Waals surface area contributed by atoms with Crippen LogP contribution in [0, 0.1) is 0 Å². The van der Waals surface area contributed by atoms with Gasteiger partial charge in [0.1, 0.15) is 11.5 Å². The first kappa shape index (κ1) is 24.2. The van der Waals surface area contributed by atoms with Crippen molar-refractivity contribution in [1.82, 2.24) is 9.80 Å². The maximum atomic E-state index is 13.2. The van der Waals surface area contributed by atoms with Gasteiger partial charge in [-0.2, -0.15) is 0 Å². The minimum absolute atomic E-state index is 0.101. The van der Waals surface area contributed by atoms with Crippen molar-refractivity contribution >= 4 is 28.8 Å². The second-order valence-corrected chi connectivity index (χ2v) is 9.70. The second-order valence-electron chi connectivity index (χ2n) is 8.87. The van der Waals surface area contributed by atoms with Crippen LogP contribution in [0.1, 0.15) is 44.7 Å². The Kier molecular flexibility index (Phi) is 7.13. The predicted molar refractivity (Wildman–Crippen MR) is 140 cm³/mol. The normalized spacial score (nSPS) is 19.1. The van der Waals surface area contributed by atoms with E-state index in [0.717, 1.165) is 48.1 Å². The highest BCUT2D eigenvalue weighted by molar-refractivity contribution is 8.16. The first-order valence-electron chi connectivity index (χ1n) is 12.3. The highest BCUT2D eigenvalue weighted by atomic mass is 32.2. The van der Waals surface area contributed by atoms with Gasteiger partial charge in [-0.25, -0.2) is 9.79 Å². The van der Waals surface area contributed by atoms with Gasteiger partial charge in [-0.05, 0) is 61.9 Å². The number of carbonyl (C=O) groups is 2. The largest absolute Gasteiger partial charge is 0.463 e.